The maximum absolute atomic E-state index is 11.9. The molecule has 1 heterocycles. The maximum Gasteiger partial charge on any atom is 0.323 e. The van der Waals surface area contributed by atoms with Crippen molar-refractivity contribution in [3.05, 3.63) is 16.1 Å². The number of aryl methyl sites for hydroxylation is 1. The summed E-state index contributed by atoms with van der Waals surface area (Å²) in [6.45, 7) is 2.05. The minimum atomic E-state index is -0.981. The van der Waals surface area contributed by atoms with Crippen molar-refractivity contribution in [3.8, 4) is 0 Å². The van der Waals surface area contributed by atoms with Gasteiger partial charge in [-0.1, -0.05) is 0 Å². The molecule has 0 aromatic carbocycles. The van der Waals surface area contributed by atoms with Crippen LogP contribution in [0.2, 0.25) is 0 Å². The summed E-state index contributed by atoms with van der Waals surface area (Å²) in [5.41, 5.74) is 2.63. The summed E-state index contributed by atoms with van der Waals surface area (Å²) < 4.78 is 0. The molecule has 2 rings (SSSR count). The zero-order valence-electron chi connectivity index (χ0n) is 10.0. The summed E-state index contributed by atoms with van der Waals surface area (Å²) in [6, 6.07) is -0.226. The average Bonchev–Trinajstić information content (AvgIpc) is 3.07. The van der Waals surface area contributed by atoms with Gasteiger partial charge in [0.05, 0.1) is 17.7 Å². The number of carbonyl (C=O) groups excluding carboxylic acids is 1. The van der Waals surface area contributed by atoms with E-state index in [2.05, 4.69) is 10.3 Å². The number of hydrogen-bond donors (Lipinski definition) is 2. The summed E-state index contributed by atoms with van der Waals surface area (Å²) in [5, 5.41) is 11.5. The number of nitrogens with one attached hydrogen (secondary N) is 1. The predicted molar refractivity (Wildman–Crippen MR) is 66.5 cm³/mol. The number of rotatable bonds is 5. The van der Waals surface area contributed by atoms with E-state index in [1.807, 2.05) is 6.92 Å². The lowest BCUT2D eigenvalue weighted by atomic mass is 10.4. The van der Waals surface area contributed by atoms with Crippen molar-refractivity contribution >= 4 is 23.3 Å². The Morgan fingerprint density at radius 2 is 2.33 bits per heavy atom. The van der Waals surface area contributed by atoms with Gasteiger partial charge in [0.1, 0.15) is 6.54 Å². The Labute approximate surface area is 109 Å². The van der Waals surface area contributed by atoms with Gasteiger partial charge < -0.3 is 15.3 Å². The van der Waals surface area contributed by atoms with Gasteiger partial charge in [-0.15, -0.1) is 11.3 Å². The van der Waals surface area contributed by atoms with E-state index in [1.54, 1.807) is 5.51 Å². The molecule has 1 aromatic heterocycles. The van der Waals surface area contributed by atoms with Crippen LogP contribution in [-0.4, -0.2) is 39.6 Å². The van der Waals surface area contributed by atoms with Gasteiger partial charge in [-0.2, -0.15) is 0 Å². The van der Waals surface area contributed by atoms with E-state index in [0.29, 0.717) is 6.54 Å². The normalized spacial score (nSPS) is 14.3. The number of amides is 2. The molecule has 1 aliphatic carbocycles. The van der Waals surface area contributed by atoms with Crippen LogP contribution in [0.1, 0.15) is 23.4 Å². The maximum atomic E-state index is 11.9. The van der Waals surface area contributed by atoms with Crippen LogP contribution in [0.15, 0.2) is 5.51 Å². The highest BCUT2D eigenvalue weighted by molar-refractivity contribution is 7.09. The van der Waals surface area contributed by atoms with Crippen LogP contribution >= 0.6 is 11.3 Å². The molecular weight excluding hydrogens is 254 g/mol. The topological polar surface area (TPSA) is 82.5 Å². The summed E-state index contributed by atoms with van der Waals surface area (Å²) in [6.07, 6.45) is 1.78. The van der Waals surface area contributed by atoms with Crippen molar-refractivity contribution in [2.75, 3.05) is 6.54 Å². The second-order valence-electron chi connectivity index (χ2n) is 4.27. The molecule has 1 fully saturated rings. The van der Waals surface area contributed by atoms with Crippen LogP contribution in [0.4, 0.5) is 4.79 Å². The number of nitrogens with zero attached hydrogens (tertiary/aromatic N) is 2. The number of aromatic nitrogens is 1. The molecule has 2 amide bonds. The SMILES string of the molecule is Cc1ncsc1CNC(=O)N(CC(=O)O)C1CC1. The minimum absolute atomic E-state index is 0.0867. The Morgan fingerprint density at radius 3 is 2.83 bits per heavy atom. The summed E-state index contributed by atoms with van der Waals surface area (Å²) in [7, 11) is 0. The Hall–Kier alpha value is -1.63. The van der Waals surface area contributed by atoms with E-state index in [1.165, 1.54) is 16.2 Å². The molecule has 0 spiro atoms. The number of hydrogen-bond acceptors (Lipinski definition) is 4. The molecule has 0 aliphatic heterocycles. The van der Waals surface area contributed by atoms with Crippen molar-refractivity contribution < 1.29 is 14.7 Å². The van der Waals surface area contributed by atoms with Gasteiger partial charge in [0, 0.05) is 10.9 Å². The van der Waals surface area contributed by atoms with Crippen molar-refractivity contribution in [2.45, 2.75) is 32.4 Å². The molecule has 0 saturated heterocycles. The lowest BCUT2D eigenvalue weighted by Gasteiger charge is -2.20. The number of aliphatic carboxylic acids is 1. The van der Waals surface area contributed by atoms with Crippen LogP contribution in [0.3, 0.4) is 0 Å². The number of carbonyl (C=O) groups is 2. The fourth-order valence-corrected chi connectivity index (χ4v) is 2.37. The lowest BCUT2D eigenvalue weighted by molar-refractivity contribution is -0.137. The highest BCUT2D eigenvalue weighted by Crippen LogP contribution is 2.26. The first-order valence-electron chi connectivity index (χ1n) is 5.73. The van der Waals surface area contributed by atoms with Crippen LogP contribution in [0, 0.1) is 6.92 Å². The van der Waals surface area contributed by atoms with E-state index in [0.717, 1.165) is 23.4 Å². The highest BCUT2D eigenvalue weighted by atomic mass is 32.1. The summed E-state index contributed by atoms with van der Waals surface area (Å²) in [5.74, 6) is -0.981. The molecular formula is C11H15N3O3S. The predicted octanol–water partition coefficient (Wildman–Crippen LogP) is 1.21. The second-order valence-corrected chi connectivity index (χ2v) is 5.21. The van der Waals surface area contributed by atoms with Crippen molar-refractivity contribution in [1.82, 2.24) is 15.2 Å². The zero-order valence-corrected chi connectivity index (χ0v) is 10.9. The van der Waals surface area contributed by atoms with Crippen molar-refractivity contribution in [1.29, 1.82) is 0 Å². The van der Waals surface area contributed by atoms with Gasteiger partial charge in [0.2, 0.25) is 0 Å². The molecule has 7 heteroatoms. The van der Waals surface area contributed by atoms with E-state index in [-0.39, 0.29) is 18.6 Å². The van der Waals surface area contributed by atoms with Crippen LogP contribution < -0.4 is 5.32 Å². The molecule has 1 aliphatic rings. The van der Waals surface area contributed by atoms with Crippen LogP contribution in [0.5, 0.6) is 0 Å². The number of carboxylic acid groups (broad SMARTS) is 1. The molecule has 1 aromatic rings. The van der Waals surface area contributed by atoms with Gasteiger partial charge in [-0.25, -0.2) is 9.78 Å². The quantitative estimate of drug-likeness (QED) is 0.841. The highest BCUT2D eigenvalue weighted by Gasteiger charge is 2.33. The van der Waals surface area contributed by atoms with E-state index >= 15 is 0 Å². The van der Waals surface area contributed by atoms with Gasteiger partial charge in [-0.3, -0.25) is 4.79 Å². The van der Waals surface area contributed by atoms with E-state index in [4.69, 9.17) is 5.11 Å². The van der Waals surface area contributed by atoms with E-state index in [9.17, 15) is 9.59 Å². The molecule has 0 atom stereocenters. The lowest BCUT2D eigenvalue weighted by Crippen LogP contribution is -2.43. The monoisotopic (exact) mass is 269 g/mol. The molecule has 0 bridgehead atoms. The first kappa shape index (κ1) is 12.8. The zero-order chi connectivity index (χ0) is 13.1. The largest absolute Gasteiger partial charge is 0.480 e. The molecule has 6 nitrogen and oxygen atoms in total. The standard InChI is InChI=1S/C11H15N3O3S/c1-7-9(18-6-13-7)4-12-11(17)14(5-10(15)16)8-2-3-8/h6,8H,2-5H2,1H3,(H,12,17)(H,15,16). The van der Waals surface area contributed by atoms with E-state index < -0.39 is 5.97 Å². The first-order valence-corrected chi connectivity index (χ1v) is 6.61. The third kappa shape index (κ3) is 3.19. The van der Waals surface area contributed by atoms with Crippen LogP contribution in [-0.2, 0) is 11.3 Å². The van der Waals surface area contributed by atoms with Gasteiger partial charge >= 0.3 is 12.0 Å². The smallest absolute Gasteiger partial charge is 0.323 e. The third-order valence-corrected chi connectivity index (χ3v) is 3.73. The molecule has 0 radical (unpaired) electrons. The minimum Gasteiger partial charge on any atom is -0.480 e. The fraction of sp³-hybridized carbons (Fsp3) is 0.545. The Morgan fingerprint density at radius 1 is 1.61 bits per heavy atom. The third-order valence-electron chi connectivity index (χ3n) is 2.80. The molecule has 98 valence electrons. The van der Waals surface area contributed by atoms with Gasteiger partial charge in [0.25, 0.3) is 0 Å². The Bertz CT molecular complexity index is 456. The molecule has 18 heavy (non-hydrogen) atoms. The number of carboxylic acids is 1. The van der Waals surface area contributed by atoms with Gasteiger partial charge in [-0.05, 0) is 19.8 Å². The molecule has 2 N–H and O–H groups in total. The average molecular weight is 269 g/mol. The van der Waals surface area contributed by atoms with Crippen molar-refractivity contribution in [2.24, 2.45) is 0 Å². The summed E-state index contributed by atoms with van der Waals surface area (Å²) >= 11 is 1.48. The Balaban J connectivity index is 1.89. The molecule has 0 unspecified atom stereocenters. The first-order chi connectivity index (χ1) is 8.58. The van der Waals surface area contributed by atoms with Crippen molar-refractivity contribution in [3.63, 3.8) is 0 Å². The van der Waals surface area contributed by atoms with Gasteiger partial charge in [0.15, 0.2) is 0 Å². The second kappa shape index (κ2) is 5.34. The summed E-state index contributed by atoms with van der Waals surface area (Å²) in [4.78, 5) is 29.1. The number of thiazole rings is 1. The fourth-order valence-electron chi connectivity index (χ4n) is 1.65. The van der Waals surface area contributed by atoms with Crippen LogP contribution in [0.25, 0.3) is 0 Å². The number of urea groups is 1. The molecule has 1 saturated carbocycles. The Kier molecular flexibility index (Phi) is 3.81.